The van der Waals surface area contributed by atoms with Crippen molar-refractivity contribution >= 4 is 34.8 Å². The van der Waals surface area contributed by atoms with Crippen LogP contribution >= 0.6 is 23.1 Å². The van der Waals surface area contributed by atoms with Crippen molar-refractivity contribution in [3.63, 3.8) is 0 Å². The Labute approximate surface area is 181 Å². The molecule has 4 rings (SSSR count). The SMILES string of the molecule is CSc1ccccc1C(=O)Nc1cc(-c2cccs2)nn1-c1nc(C)c(C)c(=O)[nH]1. The summed E-state index contributed by atoms with van der Waals surface area (Å²) < 4.78 is 1.46. The van der Waals surface area contributed by atoms with Gasteiger partial charge in [-0.3, -0.25) is 14.6 Å². The van der Waals surface area contributed by atoms with Gasteiger partial charge in [0.05, 0.1) is 10.4 Å². The molecule has 0 aliphatic rings. The van der Waals surface area contributed by atoms with Crippen molar-refractivity contribution in [1.29, 1.82) is 0 Å². The normalized spacial score (nSPS) is 10.9. The van der Waals surface area contributed by atoms with Crippen LogP contribution in [0, 0.1) is 13.8 Å². The number of carbonyl (C=O) groups is 1. The van der Waals surface area contributed by atoms with Crippen molar-refractivity contribution in [1.82, 2.24) is 19.7 Å². The van der Waals surface area contributed by atoms with E-state index in [1.165, 1.54) is 27.8 Å². The number of aryl methyl sites for hydroxylation is 1. The molecule has 7 nitrogen and oxygen atoms in total. The number of anilines is 1. The lowest BCUT2D eigenvalue weighted by Crippen LogP contribution is -2.21. The van der Waals surface area contributed by atoms with E-state index in [0.717, 1.165) is 9.77 Å². The predicted octanol–water partition coefficient (Wildman–Crippen LogP) is 4.28. The van der Waals surface area contributed by atoms with Crippen LogP contribution in [0.5, 0.6) is 0 Å². The van der Waals surface area contributed by atoms with Gasteiger partial charge in [0.15, 0.2) is 0 Å². The van der Waals surface area contributed by atoms with Gasteiger partial charge in [0.1, 0.15) is 11.5 Å². The Morgan fingerprint density at radius 1 is 1.20 bits per heavy atom. The molecule has 0 aliphatic heterocycles. The zero-order valence-corrected chi connectivity index (χ0v) is 18.2. The number of thiophene rings is 1. The molecule has 152 valence electrons. The van der Waals surface area contributed by atoms with Gasteiger partial charge in [-0.2, -0.15) is 9.78 Å². The van der Waals surface area contributed by atoms with Crippen molar-refractivity contribution in [3.05, 3.63) is 75.0 Å². The summed E-state index contributed by atoms with van der Waals surface area (Å²) in [5.41, 5.74) is 2.16. The average Bonchev–Trinajstić information content (AvgIpc) is 3.41. The van der Waals surface area contributed by atoms with Gasteiger partial charge in [0.2, 0.25) is 5.95 Å². The highest BCUT2D eigenvalue weighted by atomic mass is 32.2. The molecule has 0 saturated heterocycles. The van der Waals surface area contributed by atoms with E-state index in [0.29, 0.717) is 28.3 Å². The second-order valence-electron chi connectivity index (χ2n) is 6.56. The summed E-state index contributed by atoms with van der Waals surface area (Å²) in [6, 6.07) is 13.1. The van der Waals surface area contributed by atoms with Crippen molar-refractivity contribution in [2.24, 2.45) is 0 Å². The van der Waals surface area contributed by atoms with Crippen molar-refractivity contribution < 1.29 is 4.79 Å². The maximum absolute atomic E-state index is 13.0. The molecule has 0 fully saturated rings. The molecule has 9 heteroatoms. The quantitative estimate of drug-likeness (QED) is 0.455. The molecule has 3 aromatic heterocycles. The molecule has 30 heavy (non-hydrogen) atoms. The summed E-state index contributed by atoms with van der Waals surface area (Å²) in [5.74, 6) is 0.412. The topological polar surface area (TPSA) is 92.7 Å². The molecule has 3 heterocycles. The Morgan fingerprint density at radius 2 is 2.00 bits per heavy atom. The number of amides is 1. The van der Waals surface area contributed by atoms with Crippen LogP contribution in [0.3, 0.4) is 0 Å². The van der Waals surface area contributed by atoms with Crippen LogP contribution in [-0.2, 0) is 0 Å². The number of hydrogen-bond acceptors (Lipinski definition) is 6. The van der Waals surface area contributed by atoms with Crippen LogP contribution in [0.25, 0.3) is 16.5 Å². The maximum Gasteiger partial charge on any atom is 0.257 e. The summed E-state index contributed by atoms with van der Waals surface area (Å²) in [6.45, 7) is 3.48. The lowest BCUT2D eigenvalue weighted by molar-refractivity contribution is 0.102. The molecule has 0 saturated carbocycles. The molecule has 0 bridgehead atoms. The highest BCUT2D eigenvalue weighted by Gasteiger charge is 2.18. The van der Waals surface area contributed by atoms with E-state index in [1.54, 1.807) is 26.0 Å². The molecule has 0 spiro atoms. The number of thioether (sulfide) groups is 1. The summed E-state index contributed by atoms with van der Waals surface area (Å²) in [7, 11) is 0. The Balaban J connectivity index is 1.80. The van der Waals surface area contributed by atoms with Gasteiger partial charge in [-0.25, -0.2) is 4.98 Å². The Morgan fingerprint density at radius 3 is 2.70 bits per heavy atom. The first-order chi connectivity index (χ1) is 14.5. The fourth-order valence-corrected chi connectivity index (χ4v) is 4.20. The molecule has 2 N–H and O–H groups in total. The molecule has 1 aromatic carbocycles. The second-order valence-corrected chi connectivity index (χ2v) is 8.35. The summed E-state index contributed by atoms with van der Waals surface area (Å²) in [6.07, 6.45) is 1.93. The molecular formula is C21H19N5O2S2. The average molecular weight is 438 g/mol. The number of aromatic nitrogens is 4. The number of carbonyl (C=O) groups excluding carboxylic acids is 1. The van der Waals surface area contributed by atoms with Crippen LogP contribution in [0.4, 0.5) is 5.82 Å². The van der Waals surface area contributed by atoms with E-state index in [2.05, 4.69) is 20.4 Å². The highest BCUT2D eigenvalue weighted by molar-refractivity contribution is 7.98. The summed E-state index contributed by atoms with van der Waals surface area (Å²) >= 11 is 3.04. The molecule has 0 aliphatic carbocycles. The first-order valence-electron chi connectivity index (χ1n) is 9.14. The molecule has 0 radical (unpaired) electrons. The monoisotopic (exact) mass is 437 g/mol. The number of nitrogens with one attached hydrogen (secondary N) is 2. The lowest BCUT2D eigenvalue weighted by Gasteiger charge is -2.10. The lowest BCUT2D eigenvalue weighted by atomic mass is 10.2. The third-order valence-electron chi connectivity index (χ3n) is 4.66. The van der Waals surface area contributed by atoms with Crippen molar-refractivity contribution in [2.45, 2.75) is 18.7 Å². The van der Waals surface area contributed by atoms with Gasteiger partial charge >= 0.3 is 0 Å². The van der Waals surface area contributed by atoms with Crippen LogP contribution in [0.15, 0.2) is 57.5 Å². The summed E-state index contributed by atoms with van der Waals surface area (Å²) in [4.78, 5) is 34.3. The molecule has 1 amide bonds. The van der Waals surface area contributed by atoms with Crippen LogP contribution in [-0.4, -0.2) is 31.9 Å². The number of nitrogens with zero attached hydrogens (tertiary/aromatic N) is 3. The predicted molar refractivity (Wildman–Crippen MR) is 121 cm³/mol. The third kappa shape index (κ3) is 3.81. The fourth-order valence-electron chi connectivity index (χ4n) is 2.92. The zero-order valence-electron chi connectivity index (χ0n) is 16.6. The first-order valence-corrected chi connectivity index (χ1v) is 11.2. The van der Waals surface area contributed by atoms with E-state index >= 15 is 0 Å². The van der Waals surface area contributed by atoms with Crippen molar-refractivity contribution in [2.75, 3.05) is 11.6 Å². The first kappa shape index (κ1) is 20.1. The number of H-pyrrole nitrogens is 1. The van der Waals surface area contributed by atoms with E-state index in [9.17, 15) is 9.59 Å². The van der Waals surface area contributed by atoms with Crippen LogP contribution < -0.4 is 10.9 Å². The number of aromatic amines is 1. The van der Waals surface area contributed by atoms with E-state index in [4.69, 9.17) is 0 Å². The van der Waals surface area contributed by atoms with Gasteiger partial charge in [-0.15, -0.1) is 23.1 Å². The minimum Gasteiger partial charge on any atom is -0.306 e. The number of rotatable bonds is 5. The maximum atomic E-state index is 13.0. The number of hydrogen-bond donors (Lipinski definition) is 2. The zero-order chi connectivity index (χ0) is 21.3. The van der Waals surface area contributed by atoms with Crippen LogP contribution in [0.1, 0.15) is 21.6 Å². The highest BCUT2D eigenvalue weighted by Crippen LogP contribution is 2.28. The molecule has 4 aromatic rings. The van der Waals surface area contributed by atoms with E-state index < -0.39 is 0 Å². The van der Waals surface area contributed by atoms with E-state index in [-0.39, 0.29) is 17.4 Å². The Hall–Kier alpha value is -3.17. The standard InChI is InChI=1S/C21H19N5O2S2/c1-12-13(2)22-21(24-19(12)27)26-18(11-15(25-26)17-9-6-10-30-17)23-20(28)14-7-4-5-8-16(14)29-3/h4-11H,1-3H3,(H,23,28)(H,22,24,27). The third-order valence-corrected chi connectivity index (χ3v) is 6.35. The Bertz CT molecular complexity index is 1280. The second kappa shape index (κ2) is 8.29. The van der Waals surface area contributed by atoms with E-state index in [1.807, 2.05) is 42.0 Å². The molecule has 0 unspecified atom stereocenters. The molecular weight excluding hydrogens is 418 g/mol. The minimum absolute atomic E-state index is 0.240. The van der Waals surface area contributed by atoms with Gasteiger partial charge in [-0.05, 0) is 43.7 Å². The Kier molecular flexibility index (Phi) is 5.56. The fraction of sp³-hybridized carbons (Fsp3) is 0.143. The van der Waals surface area contributed by atoms with Gasteiger partial charge in [-0.1, -0.05) is 18.2 Å². The smallest absolute Gasteiger partial charge is 0.257 e. The van der Waals surface area contributed by atoms with Crippen LogP contribution in [0.2, 0.25) is 0 Å². The number of benzene rings is 1. The van der Waals surface area contributed by atoms with Gasteiger partial charge in [0, 0.05) is 22.2 Å². The largest absolute Gasteiger partial charge is 0.306 e. The summed E-state index contributed by atoms with van der Waals surface area (Å²) in [5, 5.41) is 9.48. The van der Waals surface area contributed by atoms with Crippen molar-refractivity contribution in [3.8, 4) is 16.5 Å². The minimum atomic E-state index is -0.259. The van der Waals surface area contributed by atoms with Gasteiger partial charge < -0.3 is 5.32 Å². The molecule has 0 atom stereocenters. The van der Waals surface area contributed by atoms with Gasteiger partial charge in [0.25, 0.3) is 11.5 Å².